The van der Waals surface area contributed by atoms with Crippen molar-refractivity contribution < 1.29 is 14.6 Å². The largest absolute Gasteiger partial charge is 0.493 e. The van der Waals surface area contributed by atoms with Gasteiger partial charge in [-0.05, 0) is 74.4 Å². The highest BCUT2D eigenvalue weighted by Gasteiger charge is 2.63. The molecule has 5 atom stereocenters. The Hall–Kier alpha value is -2.24. The summed E-state index contributed by atoms with van der Waals surface area (Å²) in [5, 5.41) is 15.7. The van der Waals surface area contributed by atoms with Crippen molar-refractivity contribution in [1.82, 2.24) is 10.3 Å². The van der Waals surface area contributed by atoms with Crippen LogP contribution in [0.3, 0.4) is 0 Å². The second-order valence-corrected chi connectivity index (χ2v) is 10.4. The van der Waals surface area contributed by atoms with E-state index in [0.29, 0.717) is 12.3 Å². The lowest BCUT2D eigenvalue weighted by Crippen LogP contribution is -2.63. The number of methoxy groups -OCH3 is 1. The molecule has 1 aromatic heterocycles. The predicted octanol–water partition coefficient (Wildman–Crippen LogP) is 9.22. The van der Waals surface area contributed by atoms with Crippen molar-refractivity contribution in [2.45, 2.75) is 133 Å². The van der Waals surface area contributed by atoms with E-state index in [4.69, 9.17) is 9.47 Å². The molecular formula is C36H62N2O3. The van der Waals surface area contributed by atoms with Gasteiger partial charge in [0.05, 0.1) is 18.4 Å². The van der Waals surface area contributed by atoms with E-state index < -0.39 is 5.60 Å². The SMILES string of the molecule is CC.CC.CC.CC.CCCC(C)=Cc1c(CC)[nH]c2c1C[C@]1(O)C(CC3CN[C@H]31)[C@H]2Oc1cc(C)ccc1OC. The number of fused-ring (bicyclic) bond motifs is 4. The summed E-state index contributed by atoms with van der Waals surface area (Å²) in [6.45, 7) is 25.7. The summed E-state index contributed by atoms with van der Waals surface area (Å²) in [4.78, 5) is 3.76. The highest BCUT2D eigenvalue weighted by molar-refractivity contribution is 5.63. The van der Waals surface area contributed by atoms with E-state index in [1.807, 2.05) is 73.6 Å². The van der Waals surface area contributed by atoms with Crippen LogP contribution in [0.15, 0.2) is 23.8 Å². The van der Waals surface area contributed by atoms with Crippen LogP contribution >= 0.6 is 0 Å². The van der Waals surface area contributed by atoms with Crippen LogP contribution in [-0.2, 0) is 12.8 Å². The molecular weight excluding hydrogens is 508 g/mol. The molecule has 1 aromatic carbocycles. The summed E-state index contributed by atoms with van der Waals surface area (Å²) in [6, 6.07) is 6.20. The first-order valence-corrected chi connectivity index (χ1v) is 16.6. The van der Waals surface area contributed by atoms with Gasteiger partial charge in [-0.2, -0.15) is 0 Å². The summed E-state index contributed by atoms with van der Waals surface area (Å²) in [7, 11) is 1.68. The fourth-order valence-electron chi connectivity index (χ4n) is 6.46. The average molecular weight is 571 g/mol. The number of aromatic nitrogens is 1. The molecule has 3 N–H and O–H groups in total. The van der Waals surface area contributed by atoms with Crippen LogP contribution in [0, 0.1) is 18.8 Å². The first kappa shape index (κ1) is 36.8. The second kappa shape index (κ2) is 17.7. The molecule has 2 aromatic rings. The maximum atomic E-state index is 12.1. The minimum atomic E-state index is -0.800. The number of aromatic amines is 1. The van der Waals surface area contributed by atoms with E-state index in [1.165, 1.54) is 22.4 Å². The van der Waals surface area contributed by atoms with E-state index in [9.17, 15) is 5.11 Å². The zero-order valence-corrected chi connectivity index (χ0v) is 28.6. The van der Waals surface area contributed by atoms with Gasteiger partial charge in [0, 0.05) is 24.1 Å². The number of aliphatic hydroxyl groups is 1. The molecule has 5 rings (SSSR count). The molecule has 234 valence electrons. The molecule has 1 saturated heterocycles. The zero-order valence-electron chi connectivity index (χ0n) is 28.6. The Morgan fingerprint density at radius 1 is 1.05 bits per heavy atom. The summed E-state index contributed by atoms with van der Waals surface area (Å²) >= 11 is 0. The van der Waals surface area contributed by atoms with Crippen LogP contribution in [0.2, 0.25) is 0 Å². The number of ether oxygens (including phenoxy) is 2. The number of rotatable bonds is 7. The maximum absolute atomic E-state index is 12.1. The summed E-state index contributed by atoms with van der Waals surface area (Å²) in [5.41, 5.74) is 6.58. The average Bonchev–Trinajstić information content (AvgIpc) is 3.42. The van der Waals surface area contributed by atoms with Crippen LogP contribution in [-0.4, -0.2) is 35.4 Å². The first-order valence-electron chi connectivity index (χ1n) is 16.6. The van der Waals surface area contributed by atoms with Gasteiger partial charge in [-0.15, -0.1) is 0 Å². The van der Waals surface area contributed by atoms with Crippen molar-refractivity contribution in [1.29, 1.82) is 0 Å². The summed E-state index contributed by atoms with van der Waals surface area (Å²) in [6.07, 6.45) is 6.90. The lowest BCUT2D eigenvalue weighted by molar-refractivity contribution is -0.0795. The van der Waals surface area contributed by atoms with Crippen molar-refractivity contribution in [3.05, 3.63) is 51.9 Å². The van der Waals surface area contributed by atoms with Crippen LogP contribution in [0.25, 0.3) is 6.08 Å². The highest BCUT2D eigenvalue weighted by atomic mass is 16.5. The predicted molar refractivity (Wildman–Crippen MR) is 177 cm³/mol. The van der Waals surface area contributed by atoms with Crippen molar-refractivity contribution in [2.75, 3.05) is 13.7 Å². The smallest absolute Gasteiger partial charge is 0.162 e. The number of benzene rings is 1. The first-order chi connectivity index (χ1) is 19.9. The third-order valence-electron chi connectivity index (χ3n) is 8.14. The molecule has 2 unspecified atom stereocenters. The molecule has 5 nitrogen and oxygen atoms in total. The zero-order chi connectivity index (χ0) is 31.3. The van der Waals surface area contributed by atoms with Crippen molar-refractivity contribution >= 4 is 6.08 Å². The third-order valence-corrected chi connectivity index (χ3v) is 8.14. The minimum absolute atomic E-state index is 0.0390. The molecule has 1 aliphatic heterocycles. The van der Waals surface area contributed by atoms with Crippen LogP contribution in [0.4, 0.5) is 0 Å². The van der Waals surface area contributed by atoms with Crippen LogP contribution in [0.5, 0.6) is 11.5 Å². The maximum Gasteiger partial charge on any atom is 0.162 e. The van der Waals surface area contributed by atoms with Gasteiger partial charge in [0.15, 0.2) is 11.5 Å². The fourth-order valence-corrected chi connectivity index (χ4v) is 6.46. The Labute approximate surface area is 252 Å². The monoisotopic (exact) mass is 570 g/mol. The van der Waals surface area contributed by atoms with Gasteiger partial charge >= 0.3 is 0 Å². The molecule has 0 spiro atoms. The van der Waals surface area contributed by atoms with Gasteiger partial charge in [0.25, 0.3) is 0 Å². The van der Waals surface area contributed by atoms with Crippen LogP contribution in [0.1, 0.15) is 130 Å². The molecule has 2 aliphatic carbocycles. The second-order valence-electron chi connectivity index (χ2n) is 10.4. The molecule has 0 radical (unpaired) electrons. The van der Waals surface area contributed by atoms with E-state index >= 15 is 0 Å². The number of hydrogen-bond acceptors (Lipinski definition) is 4. The molecule has 5 heteroatoms. The topological polar surface area (TPSA) is 66.5 Å². The lowest BCUT2D eigenvalue weighted by atomic mass is 9.71. The number of allylic oxidation sites excluding steroid dienone is 1. The van der Waals surface area contributed by atoms with Gasteiger partial charge in [-0.25, -0.2) is 0 Å². The summed E-state index contributed by atoms with van der Waals surface area (Å²) < 4.78 is 12.4. The van der Waals surface area contributed by atoms with E-state index in [1.54, 1.807) is 7.11 Å². The number of nitrogens with one attached hydrogen (secondary N) is 2. The van der Waals surface area contributed by atoms with Gasteiger partial charge < -0.3 is 24.9 Å². The third kappa shape index (κ3) is 7.59. The fraction of sp³-hybridized carbons (Fsp3) is 0.667. The molecule has 1 saturated carbocycles. The number of aryl methyl sites for hydroxylation is 2. The Bertz CT molecular complexity index is 1070. The molecule has 41 heavy (non-hydrogen) atoms. The molecule has 3 aliphatic rings. The Morgan fingerprint density at radius 2 is 1.71 bits per heavy atom. The van der Waals surface area contributed by atoms with Crippen molar-refractivity contribution in [3.63, 3.8) is 0 Å². The van der Waals surface area contributed by atoms with Gasteiger partial charge in [0.1, 0.15) is 6.10 Å². The molecule has 0 bridgehead atoms. The van der Waals surface area contributed by atoms with E-state index in [-0.39, 0.29) is 18.1 Å². The van der Waals surface area contributed by atoms with Crippen molar-refractivity contribution in [3.8, 4) is 11.5 Å². The molecule has 0 amide bonds. The van der Waals surface area contributed by atoms with E-state index in [0.717, 1.165) is 55.0 Å². The lowest BCUT2D eigenvalue weighted by Gasteiger charge is -2.46. The quantitative estimate of drug-likeness (QED) is 0.310. The van der Waals surface area contributed by atoms with Crippen molar-refractivity contribution in [2.24, 2.45) is 11.8 Å². The highest BCUT2D eigenvalue weighted by Crippen LogP contribution is 2.56. The normalized spacial score (nSPS) is 25.0. The van der Waals surface area contributed by atoms with Crippen LogP contribution < -0.4 is 14.8 Å². The van der Waals surface area contributed by atoms with E-state index in [2.05, 4.69) is 44.1 Å². The summed E-state index contributed by atoms with van der Waals surface area (Å²) in [5.74, 6) is 2.03. The standard InChI is InChI=1S/C28H38N2O3.4C2H6/c1-6-8-16(3)11-19-20-14-28(31)21(13-18-15-29-27(18)28)26(25(20)30-22(19)7-2)33-24-12-17(4)9-10-23(24)32-5;4*1-2/h9-12,18,21,26-27,29-31H,6-8,13-15H2,1-5H3;4*1-2H3/t18?,21?,26-,27-,28+;;;;/m1..../s1. The number of H-pyrrole nitrogens is 1. The van der Waals surface area contributed by atoms with Gasteiger partial charge in [-0.3, -0.25) is 0 Å². The molecule has 2 fully saturated rings. The number of hydrogen-bond donors (Lipinski definition) is 3. The Morgan fingerprint density at radius 3 is 2.24 bits per heavy atom. The Balaban J connectivity index is 0.000000969. The van der Waals surface area contributed by atoms with Gasteiger partial charge in [-0.1, -0.05) is 93.4 Å². The van der Waals surface area contributed by atoms with Gasteiger partial charge in [0.2, 0.25) is 0 Å². The molecule has 2 heterocycles. The Kier molecular flexibility index (Phi) is 15.8. The minimum Gasteiger partial charge on any atom is -0.493 e.